The quantitative estimate of drug-likeness (QED) is 0.372. The summed E-state index contributed by atoms with van der Waals surface area (Å²) in [5.74, 6) is 3.11. The first-order valence-electron chi connectivity index (χ1n) is 9.24. The van der Waals surface area contributed by atoms with Crippen molar-refractivity contribution in [2.24, 2.45) is 4.99 Å². The van der Waals surface area contributed by atoms with Gasteiger partial charge in [-0.25, -0.2) is 4.99 Å². The summed E-state index contributed by atoms with van der Waals surface area (Å²) in [4.78, 5) is 7.30. The van der Waals surface area contributed by atoms with Crippen molar-refractivity contribution in [2.45, 2.75) is 59.0 Å². The number of aromatic nitrogens is 3. The molecular formula is C18H29IN6S. The number of rotatable bonds is 6. The summed E-state index contributed by atoms with van der Waals surface area (Å²) in [6.07, 6.45) is 5.69. The van der Waals surface area contributed by atoms with Gasteiger partial charge in [-0.15, -0.1) is 45.5 Å². The summed E-state index contributed by atoms with van der Waals surface area (Å²) in [6.45, 7) is 7.66. The fourth-order valence-corrected chi connectivity index (χ4v) is 3.91. The number of halogens is 1. The van der Waals surface area contributed by atoms with Gasteiger partial charge >= 0.3 is 0 Å². The van der Waals surface area contributed by atoms with E-state index >= 15 is 0 Å². The first-order chi connectivity index (χ1) is 12.3. The van der Waals surface area contributed by atoms with E-state index in [0.717, 1.165) is 50.1 Å². The Kier molecular flexibility index (Phi) is 8.83. The van der Waals surface area contributed by atoms with Gasteiger partial charge in [0.05, 0.1) is 6.54 Å². The Balaban J connectivity index is 0.00000243. The molecule has 8 heteroatoms. The minimum atomic E-state index is 0. The van der Waals surface area contributed by atoms with E-state index in [0.29, 0.717) is 6.54 Å². The summed E-state index contributed by atoms with van der Waals surface area (Å²) in [5, 5.41) is 15.5. The second-order valence-electron chi connectivity index (χ2n) is 6.38. The topological polar surface area (TPSA) is 67.1 Å². The van der Waals surface area contributed by atoms with Gasteiger partial charge in [0.2, 0.25) is 0 Å². The largest absolute Gasteiger partial charge is 0.357 e. The van der Waals surface area contributed by atoms with E-state index in [2.05, 4.69) is 56.4 Å². The van der Waals surface area contributed by atoms with E-state index in [9.17, 15) is 0 Å². The average molecular weight is 488 g/mol. The molecule has 6 nitrogen and oxygen atoms in total. The molecule has 0 aliphatic carbocycles. The van der Waals surface area contributed by atoms with Crippen molar-refractivity contribution >= 4 is 41.3 Å². The molecule has 3 heterocycles. The van der Waals surface area contributed by atoms with Gasteiger partial charge < -0.3 is 15.2 Å². The highest BCUT2D eigenvalue weighted by Gasteiger charge is 2.14. The maximum absolute atomic E-state index is 4.68. The Bertz CT molecular complexity index is 708. The third-order valence-corrected chi connectivity index (χ3v) is 5.35. The van der Waals surface area contributed by atoms with Crippen LogP contribution in [-0.4, -0.2) is 33.8 Å². The number of aryl methyl sites for hydroxylation is 2. The number of aliphatic imine (C=N–C) groups is 1. The van der Waals surface area contributed by atoms with Gasteiger partial charge in [-0.3, -0.25) is 0 Å². The predicted octanol–water partition coefficient (Wildman–Crippen LogP) is 3.29. The Morgan fingerprint density at radius 3 is 2.88 bits per heavy atom. The van der Waals surface area contributed by atoms with Crippen LogP contribution in [-0.2, 0) is 25.9 Å². The van der Waals surface area contributed by atoms with E-state index < -0.39 is 0 Å². The van der Waals surface area contributed by atoms with Gasteiger partial charge in [0.25, 0.3) is 0 Å². The van der Waals surface area contributed by atoms with E-state index in [1.165, 1.54) is 29.0 Å². The highest BCUT2D eigenvalue weighted by molar-refractivity contribution is 14.0. The fourth-order valence-electron chi connectivity index (χ4n) is 3.09. The van der Waals surface area contributed by atoms with Crippen LogP contribution in [0, 0.1) is 6.92 Å². The third kappa shape index (κ3) is 5.94. The van der Waals surface area contributed by atoms with Gasteiger partial charge in [-0.1, -0.05) is 6.42 Å². The maximum Gasteiger partial charge on any atom is 0.191 e. The van der Waals surface area contributed by atoms with Gasteiger partial charge in [-0.05, 0) is 38.8 Å². The molecule has 0 saturated carbocycles. The minimum absolute atomic E-state index is 0. The number of nitrogens with one attached hydrogen (secondary N) is 2. The van der Waals surface area contributed by atoms with Crippen LogP contribution in [0.3, 0.4) is 0 Å². The van der Waals surface area contributed by atoms with Crippen LogP contribution in [0.4, 0.5) is 0 Å². The second-order valence-corrected chi connectivity index (χ2v) is 7.75. The lowest BCUT2D eigenvalue weighted by Gasteiger charge is -2.11. The summed E-state index contributed by atoms with van der Waals surface area (Å²) in [5.41, 5.74) is 0. The molecule has 1 aliphatic rings. The number of nitrogens with zero attached hydrogens (tertiary/aromatic N) is 4. The molecule has 0 spiro atoms. The molecule has 144 valence electrons. The summed E-state index contributed by atoms with van der Waals surface area (Å²) in [6, 6.07) is 4.30. The fraction of sp³-hybridized carbons (Fsp3) is 0.611. The molecule has 0 bridgehead atoms. The van der Waals surface area contributed by atoms with Crippen molar-refractivity contribution in [3.8, 4) is 0 Å². The van der Waals surface area contributed by atoms with Crippen molar-refractivity contribution in [2.75, 3.05) is 13.1 Å². The summed E-state index contributed by atoms with van der Waals surface area (Å²) in [7, 11) is 0. The Morgan fingerprint density at radius 1 is 1.23 bits per heavy atom. The molecular weight excluding hydrogens is 459 g/mol. The summed E-state index contributed by atoms with van der Waals surface area (Å²) >= 11 is 1.80. The predicted molar refractivity (Wildman–Crippen MR) is 119 cm³/mol. The van der Waals surface area contributed by atoms with Crippen LogP contribution >= 0.6 is 35.3 Å². The van der Waals surface area contributed by atoms with Crippen molar-refractivity contribution in [3.63, 3.8) is 0 Å². The second kappa shape index (κ2) is 10.9. The van der Waals surface area contributed by atoms with Crippen molar-refractivity contribution in [1.82, 2.24) is 25.4 Å². The highest BCUT2D eigenvalue weighted by atomic mass is 127. The molecule has 2 N–H and O–H groups in total. The lowest BCUT2D eigenvalue weighted by atomic mass is 10.2. The third-order valence-electron chi connectivity index (χ3n) is 4.36. The molecule has 2 aromatic heterocycles. The first-order valence-corrected chi connectivity index (χ1v) is 10.1. The molecule has 0 unspecified atom stereocenters. The molecule has 1 aliphatic heterocycles. The molecule has 0 fully saturated rings. The van der Waals surface area contributed by atoms with Gasteiger partial charge in [0.1, 0.15) is 11.6 Å². The van der Waals surface area contributed by atoms with Crippen LogP contribution in [0.25, 0.3) is 0 Å². The van der Waals surface area contributed by atoms with Gasteiger partial charge in [-0.2, -0.15) is 0 Å². The van der Waals surface area contributed by atoms with Crippen LogP contribution in [0.2, 0.25) is 0 Å². The zero-order chi connectivity index (χ0) is 17.5. The minimum Gasteiger partial charge on any atom is -0.357 e. The molecule has 0 radical (unpaired) electrons. The molecule has 2 aromatic rings. The standard InChI is InChI=1S/C18H28N6S.HI/c1-3-19-18(21-13-15-9-8-14(2)25-15)20-11-10-17-23-22-16-7-5-4-6-12-24(16)17;/h8-9H,3-7,10-13H2,1-2H3,(H2,19,20,21);1H. The lowest BCUT2D eigenvalue weighted by Crippen LogP contribution is -2.38. The Hall–Kier alpha value is -1.16. The van der Waals surface area contributed by atoms with Gasteiger partial charge in [0, 0.05) is 42.2 Å². The van der Waals surface area contributed by atoms with Crippen LogP contribution < -0.4 is 10.6 Å². The van der Waals surface area contributed by atoms with E-state index in [-0.39, 0.29) is 24.0 Å². The first kappa shape index (κ1) is 21.1. The highest BCUT2D eigenvalue weighted by Crippen LogP contribution is 2.16. The number of guanidine groups is 1. The lowest BCUT2D eigenvalue weighted by molar-refractivity contribution is 0.600. The Morgan fingerprint density at radius 2 is 2.12 bits per heavy atom. The monoisotopic (exact) mass is 488 g/mol. The van der Waals surface area contributed by atoms with Crippen molar-refractivity contribution < 1.29 is 0 Å². The van der Waals surface area contributed by atoms with Crippen molar-refractivity contribution in [3.05, 3.63) is 33.5 Å². The zero-order valence-electron chi connectivity index (χ0n) is 15.6. The number of hydrogen-bond donors (Lipinski definition) is 2. The average Bonchev–Trinajstić information content (AvgIpc) is 3.11. The van der Waals surface area contributed by atoms with Crippen LogP contribution in [0.1, 0.15) is 47.6 Å². The number of thiophene rings is 1. The molecule has 0 atom stereocenters. The SMILES string of the molecule is CCNC(=NCc1ccc(C)s1)NCCc1nnc2n1CCCCC2.I. The molecule has 0 saturated heterocycles. The molecule has 26 heavy (non-hydrogen) atoms. The molecule has 0 aromatic carbocycles. The summed E-state index contributed by atoms with van der Waals surface area (Å²) < 4.78 is 2.31. The Labute approximate surface area is 176 Å². The number of fused-ring (bicyclic) bond motifs is 1. The van der Waals surface area contributed by atoms with Gasteiger partial charge in [0.15, 0.2) is 5.96 Å². The number of hydrogen-bond acceptors (Lipinski definition) is 4. The maximum atomic E-state index is 4.68. The van der Waals surface area contributed by atoms with Crippen LogP contribution in [0.5, 0.6) is 0 Å². The van der Waals surface area contributed by atoms with E-state index in [1.807, 2.05) is 0 Å². The molecule has 3 rings (SSSR count). The molecule has 0 amide bonds. The normalized spacial score (nSPS) is 14.3. The smallest absolute Gasteiger partial charge is 0.191 e. The van der Waals surface area contributed by atoms with Crippen LogP contribution in [0.15, 0.2) is 17.1 Å². The van der Waals surface area contributed by atoms with Crippen molar-refractivity contribution in [1.29, 1.82) is 0 Å². The zero-order valence-corrected chi connectivity index (χ0v) is 18.8. The van der Waals surface area contributed by atoms with E-state index in [4.69, 9.17) is 0 Å². The van der Waals surface area contributed by atoms with E-state index in [1.54, 1.807) is 11.3 Å².